The highest BCUT2D eigenvalue weighted by Gasteiger charge is 2.33. The van der Waals surface area contributed by atoms with E-state index in [1.165, 1.54) is 0 Å². The maximum atomic E-state index is 13.3. The van der Waals surface area contributed by atoms with Crippen molar-refractivity contribution in [3.05, 3.63) is 47.0 Å². The number of nitrogens with zero attached hydrogens (tertiary/aromatic N) is 5. The topological polar surface area (TPSA) is 83.4 Å². The van der Waals surface area contributed by atoms with Crippen LogP contribution in [0.1, 0.15) is 42.8 Å². The summed E-state index contributed by atoms with van der Waals surface area (Å²) < 4.78 is 1.85. The molecule has 2 aromatic rings. The SMILES string of the molecule is Cc1nn(C)c(C)c1CN(C(=O)CC1C(=O)NCCN1Cc1cccnc1)C(C)C. The van der Waals surface area contributed by atoms with E-state index in [4.69, 9.17) is 0 Å². The van der Waals surface area contributed by atoms with Gasteiger partial charge in [-0.15, -0.1) is 0 Å². The summed E-state index contributed by atoms with van der Waals surface area (Å²) in [6.45, 7) is 10.4. The first-order valence-corrected chi connectivity index (χ1v) is 10.5. The predicted molar refractivity (Wildman–Crippen MR) is 114 cm³/mol. The van der Waals surface area contributed by atoms with E-state index in [2.05, 4.69) is 20.3 Å². The third-order valence-corrected chi connectivity index (χ3v) is 5.85. The Morgan fingerprint density at radius 3 is 2.73 bits per heavy atom. The zero-order valence-corrected chi connectivity index (χ0v) is 18.6. The molecule has 0 spiro atoms. The minimum Gasteiger partial charge on any atom is -0.353 e. The summed E-state index contributed by atoms with van der Waals surface area (Å²) in [5.41, 5.74) is 4.09. The van der Waals surface area contributed by atoms with Crippen LogP contribution in [0, 0.1) is 13.8 Å². The Morgan fingerprint density at radius 1 is 1.37 bits per heavy atom. The average molecular weight is 413 g/mol. The van der Waals surface area contributed by atoms with Crippen LogP contribution in [-0.4, -0.2) is 61.6 Å². The van der Waals surface area contributed by atoms with Crippen LogP contribution in [-0.2, 0) is 29.7 Å². The molecule has 1 aliphatic rings. The maximum absolute atomic E-state index is 13.3. The Kier molecular flexibility index (Phi) is 6.87. The number of rotatable bonds is 7. The van der Waals surface area contributed by atoms with E-state index >= 15 is 0 Å². The number of aryl methyl sites for hydroxylation is 2. The predicted octanol–water partition coefficient (Wildman–Crippen LogP) is 1.56. The highest BCUT2D eigenvalue weighted by molar-refractivity contribution is 5.89. The van der Waals surface area contributed by atoms with Gasteiger partial charge in [0.2, 0.25) is 11.8 Å². The molecule has 8 heteroatoms. The van der Waals surface area contributed by atoms with Crippen LogP contribution in [0.3, 0.4) is 0 Å². The summed E-state index contributed by atoms with van der Waals surface area (Å²) >= 11 is 0. The quantitative estimate of drug-likeness (QED) is 0.746. The van der Waals surface area contributed by atoms with E-state index in [1.54, 1.807) is 12.4 Å². The van der Waals surface area contributed by atoms with Crippen molar-refractivity contribution in [3.8, 4) is 0 Å². The lowest BCUT2D eigenvalue weighted by molar-refractivity contribution is -0.140. The zero-order valence-electron chi connectivity index (χ0n) is 18.6. The van der Waals surface area contributed by atoms with Gasteiger partial charge in [0.1, 0.15) is 0 Å². The fourth-order valence-electron chi connectivity index (χ4n) is 3.96. The highest BCUT2D eigenvalue weighted by atomic mass is 16.2. The summed E-state index contributed by atoms with van der Waals surface area (Å²) in [6, 6.07) is 3.42. The third-order valence-electron chi connectivity index (χ3n) is 5.85. The largest absolute Gasteiger partial charge is 0.353 e. The Balaban J connectivity index is 1.76. The van der Waals surface area contributed by atoms with E-state index < -0.39 is 6.04 Å². The maximum Gasteiger partial charge on any atom is 0.237 e. The molecule has 1 aliphatic heterocycles. The molecule has 8 nitrogen and oxygen atoms in total. The Labute approximate surface area is 178 Å². The molecule has 1 N–H and O–H groups in total. The lowest BCUT2D eigenvalue weighted by Crippen LogP contribution is -2.56. The minimum atomic E-state index is -0.483. The van der Waals surface area contributed by atoms with Crippen LogP contribution in [0.4, 0.5) is 0 Å². The standard InChI is InChI=1S/C22H32N6O2/c1-15(2)28(14-19-16(3)25-26(5)17(19)4)21(29)11-20-22(30)24-9-10-27(20)13-18-7-6-8-23-12-18/h6-8,12,15,20H,9-11,13-14H2,1-5H3,(H,24,30). The van der Waals surface area contributed by atoms with Crippen molar-refractivity contribution < 1.29 is 9.59 Å². The molecule has 2 aromatic heterocycles. The Morgan fingerprint density at radius 2 is 2.13 bits per heavy atom. The van der Waals surface area contributed by atoms with Crippen molar-refractivity contribution in [2.24, 2.45) is 7.05 Å². The van der Waals surface area contributed by atoms with E-state index in [-0.39, 0.29) is 24.3 Å². The summed E-state index contributed by atoms with van der Waals surface area (Å²) in [5, 5.41) is 7.38. The van der Waals surface area contributed by atoms with Gasteiger partial charge in [0.15, 0.2) is 0 Å². The smallest absolute Gasteiger partial charge is 0.237 e. The normalized spacial score (nSPS) is 17.3. The number of hydrogen-bond acceptors (Lipinski definition) is 5. The second kappa shape index (κ2) is 9.38. The molecule has 2 amide bonds. The summed E-state index contributed by atoms with van der Waals surface area (Å²) in [4.78, 5) is 34.0. The number of amides is 2. The van der Waals surface area contributed by atoms with E-state index in [0.29, 0.717) is 26.2 Å². The fraction of sp³-hybridized carbons (Fsp3) is 0.545. The molecule has 0 bridgehead atoms. The molecule has 3 heterocycles. The Bertz CT molecular complexity index is 893. The molecule has 0 radical (unpaired) electrons. The van der Waals surface area contributed by atoms with E-state index in [1.807, 2.05) is 56.5 Å². The van der Waals surface area contributed by atoms with Crippen molar-refractivity contribution in [2.45, 2.75) is 59.3 Å². The van der Waals surface area contributed by atoms with Crippen molar-refractivity contribution in [2.75, 3.05) is 13.1 Å². The Hall–Kier alpha value is -2.74. The molecule has 0 aromatic carbocycles. The van der Waals surface area contributed by atoms with Crippen molar-refractivity contribution in [1.29, 1.82) is 0 Å². The molecule has 30 heavy (non-hydrogen) atoms. The third kappa shape index (κ3) is 4.87. The first-order chi connectivity index (χ1) is 14.3. The molecule has 0 aliphatic carbocycles. The lowest BCUT2D eigenvalue weighted by atomic mass is 10.0. The summed E-state index contributed by atoms with van der Waals surface area (Å²) in [6.07, 6.45) is 3.69. The zero-order chi connectivity index (χ0) is 21.8. The van der Waals surface area contributed by atoms with Gasteiger partial charge in [-0.2, -0.15) is 5.10 Å². The molecule has 3 rings (SSSR count). The summed E-state index contributed by atoms with van der Waals surface area (Å²) in [7, 11) is 1.91. The second-order valence-electron chi connectivity index (χ2n) is 8.23. The first-order valence-electron chi connectivity index (χ1n) is 10.5. The molecular weight excluding hydrogens is 380 g/mol. The van der Waals surface area contributed by atoms with Gasteiger partial charge in [0, 0.05) is 62.9 Å². The van der Waals surface area contributed by atoms with Gasteiger partial charge in [-0.05, 0) is 39.3 Å². The number of pyridine rings is 1. The number of carbonyl (C=O) groups is 2. The number of nitrogens with one attached hydrogen (secondary N) is 1. The van der Waals surface area contributed by atoms with E-state index in [9.17, 15) is 9.59 Å². The van der Waals surface area contributed by atoms with Crippen molar-refractivity contribution >= 4 is 11.8 Å². The molecule has 1 unspecified atom stereocenters. The van der Waals surface area contributed by atoms with Gasteiger partial charge in [0.25, 0.3) is 0 Å². The minimum absolute atomic E-state index is 0.0223. The van der Waals surface area contributed by atoms with Crippen LogP contribution in [0.25, 0.3) is 0 Å². The van der Waals surface area contributed by atoms with Crippen molar-refractivity contribution in [1.82, 2.24) is 29.9 Å². The first kappa shape index (κ1) is 22.0. The molecule has 1 saturated heterocycles. The van der Waals surface area contributed by atoms with E-state index in [0.717, 1.165) is 22.5 Å². The van der Waals surface area contributed by atoms with Crippen LogP contribution in [0.2, 0.25) is 0 Å². The molecule has 1 atom stereocenters. The van der Waals surface area contributed by atoms with Crippen LogP contribution in [0.5, 0.6) is 0 Å². The number of carbonyl (C=O) groups excluding carboxylic acids is 2. The van der Waals surface area contributed by atoms with Gasteiger partial charge in [-0.25, -0.2) is 0 Å². The second-order valence-corrected chi connectivity index (χ2v) is 8.23. The van der Waals surface area contributed by atoms with Gasteiger partial charge < -0.3 is 10.2 Å². The number of hydrogen-bond donors (Lipinski definition) is 1. The van der Waals surface area contributed by atoms with Crippen LogP contribution < -0.4 is 5.32 Å². The van der Waals surface area contributed by atoms with Gasteiger partial charge in [-0.1, -0.05) is 6.07 Å². The molecular formula is C22H32N6O2. The average Bonchev–Trinajstić information content (AvgIpc) is 2.94. The van der Waals surface area contributed by atoms with Gasteiger partial charge in [0.05, 0.1) is 18.2 Å². The van der Waals surface area contributed by atoms with Gasteiger partial charge >= 0.3 is 0 Å². The molecule has 162 valence electrons. The molecule has 0 saturated carbocycles. The van der Waals surface area contributed by atoms with Crippen LogP contribution in [0.15, 0.2) is 24.5 Å². The lowest BCUT2D eigenvalue weighted by Gasteiger charge is -2.36. The van der Waals surface area contributed by atoms with Crippen molar-refractivity contribution in [3.63, 3.8) is 0 Å². The monoisotopic (exact) mass is 412 g/mol. The van der Waals surface area contributed by atoms with Gasteiger partial charge in [-0.3, -0.25) is 24.2 Å². The number of aromatic nitrogens is 3. The van der Waals surface area contributed by atoms with Crippen LogP contribution >= 0.6 is 0 Å². The highest BCUT2D eigenvalue weighted by Crippen LogP contribution is 2.20. The summed E-state index contributed by atoms with van der Waals surface area (Å²) in [5.74, 6) is -0.109. The number of piperazine rings is 1. The molecule has 1 fully saturated rings. The fourth-order valence-corrected chi connectivity index (χ4v) is 3.96.